The van der Waals surface area contributed by atoms with E-state index in [1.54, 1.807) is 0 Å². The van der Waals surface area contributed by atoms with Gasteiger partial charge in [0.15, 0.2) is 0 Å². The number of carbonyl (C=O) groups is 1. The maximum absolute atomic E-state index is 10.9. The van der Waals surface area contributed by atoms with Gasteiger partial charge in [0.25, 0.3) is 0 Å². The molecule has 1 N–H and O–H groups in total. The molecule has 5 heteroatoms. The zero-order valence-electron chi connectivity index (χ0n) is 13.1. The van der Waals surface area contributed by atoms with E-state index in [1.165, 1.54) is 44.6 Å². The number of carbonyl (C=O) groups excluding carboxylic acids is 1. The van der Waals surface area contributed by atoms with Gasteiger partial charge in [-0.15, -0.1) is 0 Å². The number of hydrogen-bond acceptors (Lipinski definition) is 3. The summed E-state index contributed by atoms with van der Waals surface area (Å²) in [4.78, 5) is 15.7. The highest BCUT2D eigenvalue weighted by atomic mass is 35.5. The lowest BCUT2D eigenvalue weighted by molar-refractivity contribution is -0.926. The Hall–Kier alpha value is -0.580. The Balaban J connectivity index is 0.00000361. The number of rotatable bonds is 7. The summed E-state index contributed by atoms with van der Waals surface area (Å²) in [6.07, 6.45) is 10.0. The van der Waals surface area contributed by atoms with E-state index in [1.807, 2.05) is 0 Å². The Morgan fingerprint density at radius 1 is 1.30 bits per heavy atom. The average Bonchev–Trinajstić information content (AvgIpc) is 2.38. The van der Waals surface area contributed by atoms with Crippen molar-refractivity contribution in [2.75, 3.05) is 27.7 Å². The summed E-state index contributed by atoms with van der Waals surface area (Å²) in [6.45, 7) is 4.07. The van der Waals surface area contributed by atoms with Gasteiger partial charge in [-0.25, -0.2) is 4.79 Å². The highest BCUT2D eigenvalue weighted by Crippen LogP contribution is 2.39. The standard InChI is InChI=1S/C15H29N2O2.ClH/c1-5-14(18)19-16-13-9-12-15(17(2,3)4)10-7-6-8-11-15;/h5,16H,1,6-13H2,2-4H3;1H/q+1;/p-1. The van der Waals surface area contributed by atoms with Crippen LogP contribution >= 0.6 is 0 Å². The first-order valence-corrected chi connectivity index (χ1v) is 7.29. The van der Waals surface area contributed by atoms with Crippen molar-refractivity contribution in [3.63, 3.8) is 0 Å². The van der Waals surface area contributed by atoms with Crippen LogP contribution in [0.4, 0.5) is 0 Å². The van der Waals surface area contributed by atoms with Gasteiger partial charge in [0.05, 0.1) is 26.7 Å². The first-order chi connectivity index (χ1) is 8.91. The van der Waals surface area contributed by atoms with Crippen LogP contribution in [0.5, 0.6) is 0 Å². The molecule has 1 aliphatic carbocycles. The molecule has 1 rings (SSSR count). The average molecular weight is 305 g/mol. The molecule has 20 heavy (non-hydrogen) atoms. The number of nitrogens with one attached hydrogen (secondary N) is 1. The topological polar surface area (TPSA) is 38.3 Å². The number of hydrogen-bond donors (Lipinski definition) is 1. The molecule has 0 saturated heterocycles. The highest BCUT2D eigenvalue weighted by Gasteiger charge is 2.42. The number of halogens is 1. The van der Waals surface area contributed by atoms with Crippen molar-refractivity contribution in [2.45, 2.75) is 50.5 Å². The molecule has 4 nitrogen and oxygen atoms in total. The van der Waals surface area contributed by atoms with Gasteiger partial charge in [0.1, 0.15) is 0 Å². The fraction of sp³-hybridized carbons (Fsp3) is 0.800. The van der Waals surface area contributed by atoms with E-state index in [0.29, 0.717) is 12.1 Å². The normalized spacial score (nSPS) is 17.9. The number of nitrogens with zero attached hydrogens (tertiary/aromatic N) is 1. The Labute approximate surface area is 129 Å². The zero-order chi connectivity index (χ0) is 14.4. The van der Waals surface area contributed by atoms with Gasteiger partial charge in [-0.05, 0) is 19.3 Å². The molecule has 1 aliphatic rings. The molecule has 1 saturated carbocycles. The first-order valence-electron chi connectivity index (χ1n) is 7.29. The van der Waals surface area contributed by atoms with Crippen molar-refractivity contribution < 1.29 is 26.5 Å². The minimum absolute atomic E-state index is 0. The van der Waals surface area contributed by atoms with Gasteiger partial charge in [0, 0.05) is 31.9 Å². The predicted molar refractivity (Wildman–Crippen MR) is 77.4 cm³/mol. The van der Waals surface area contributed by atoms with Crippen molar-refractivity contribution in [3.8, 4) is 0 Å². The lowest BCUT2D eigenvalue weighted by Crippen LogP contribution is -3.00. The zero-order valence-corrected chi connectivity index (χ0v) is 13.8. The van der Waals surface area contributed by atoms with Crippen molar-refractivity contribution in [1.82, 2.24) is 5.48 Å². The fourth-order valence-corrected chi connectivity index (χ4v) is 3.12. The maximum Gasteiger partial charge on any atom is 0.348 e. The van der Waals surface area contributed by atoms with Gasteiger partial charge in [-0.1, -0.05) is 13.0 Å². The molecule has 0 spiro atoms. The van der Waals surface area contributed by atoms with Crippen molar-refractivity contribution in [2.24, 2.45) is 0 Å². The Morgan fingerprint density at radius 3 is 2.40 bits per heavy atom. The molecule has 0 aromatic rings. The molecule has 0 aromatic carbocycles. The van der Waals surface area contributed by atoms with E-state index in [9.17, 15) is 4.79 Å². The van der Waals surface area contributed by atoms with Crippen LogP contribution in [0.2, 0.25) is 0 Å². The summed E-state index contributed by atoms with van der Waals surface area (Å²) in [6, 6.07) is 0. The summed E-state index contributed by atoms with van der Waals surface area (Å²) in [5.41, 5.74) is 3.11. The molecule has 0 atom stereocenters. The largest absolute Gasteiger partial charge is 1.00 e. The minimum Gasteiger partial charge on any atom is -1.00 e. The van der Waals surface area contributed by atoms with Crippen molar-refractivity contribution in [3.05, 3.63) is 12.7 Å². The van der Waals surface area contributed by atoms with Crippen LogP contribution in [0.1, 0.15) is 44.9 Å². The Kier molecular flexibility index (Phi) is 8.40. The van der Waals surface area contributed by atoms with E-state index < -0.39 is 5.97 Å². The van der Waals surface area contributed by atoms with E-state index >= 15 is 0 Å². The molecule has 1 fully saturated rings. The molecule has 0 heterocycles. The summed E-state index contributed by atoms with van der Waals surface area (Å²) in [5, 5.41) is 0. The second-order valence-electron chi connectivity index (χ2n) is 6.42. The second kappa shape index (κ2) is 8.65. The molecule has 0 unspecified atom stereocenters. The smallest absolute Gasteiger partial charge is 0.348 e. The van der Waals surface area contributed by atoms with Gasteiger partial charge >= 0.3 is 5.97 Å². The molecular weight excluding hydrogens is 276 g/mol. The van der Waals surface area contributed by atoms with Crippen LogP contribution in [0, 0.1) is 0 Å². The van der Waals surface area contributed by atoms with Crippen LogP contribution < -0.4 is 17.9 Å². The van der Waals surface area contributed by atoms with Crippen LogP contribution in [0.25, 0.3) is 0 Å². The number of quaternary nitrogens is 1. The van der Waals surface area contributed by atoms with Gasteiger partial charge in [0.2, 0.25) is 0 Å². The third-order valence-corrected chi connectivity index (χ3v) is 4.47. The summed E-state index contributed by atoms with van der Waals surface area (Å²) >= 11 is 0. The van der Waals surface area contributed by atoms with Gasteiger partial charge in [-0.3, -0.25) is 0 Å². The lowest BCUT2D eigenvalue weighted by Gasteiger charge is -2.49. The minimum atomic E-state index is -0.418. The summed E-state index contributed by atoms with van der Waals surface area (Å²) in [7, 11) is 6.91. The van der Waals surface area contributed by atoms with E-state index in [-0.39, 0.29) is 12.4 Å². The summed E-state index contributed by atoms with van der Waals surface area (Å²) in [5.74, 6) is -0.418. The molecule has 0 bridgehead atoms. The van der Waals surface area contributed by atoms with E-state index in [4.69, 9.17) is 4.84 Å². The predicted octanol–water partition coefficient (Wildman–Crippen LogP) is -0.586. The van der Waals surface area contributed by atoms with Gasteiger partial charge in [-0.2, -0.15) is 5.48 Å². The summed E-state index contributed by atoms with van der Waals surface area (Å²) < 4.78 is 1.03. The van der Waals surface area contributed by atoms with E-state index in [0.717, 1.165) is 10.9 Å². The maximum atomic E-state index is 10.9. The van der Waals surface area contributed by atoms with E-state index in [2.05, 4.69) is 33.2 Å². The Morgan fingerprint density at radius 2 is 1.90 bits per heavy atom. The third-order valence-electron chi connectivity index (χ3n) is 4.47. The second-order valence-corrected chi connectivity index (χ2v) is 6.42. The van der Waals surface area contributed by atoms with Crippen LogP contribution in [-0.2, 0) is 9.63 Å². The van der Waals surface area contributed by atoms with Crippen molar-refractivity contribution in [1.29, 1.82) is 0 Å². The third kappa shape index (κ3) is 5.43. The molecule has 0 radical (unpaired) electrons. The van der Waals surface area contributed by atoms with Crippen LogP contribution in [0.15, 0.2) is 12.7 Å². The molecule has 118 valence electrons. The molecule has 0 amide bonds. The monoisotopic (exact) mass is 304 g/mol. The van der Waals surface area contributed by atoms with Crippen LogP contribution in [-0.4, -0.2) is 43.7 Å². The quantitative estimate of drug-likeness (QED) is 0.296. The molecular formula is C15H29ClN2O2. The van der Waals surface area contributed by atoms with Crippen molar-refractivity contribution >= 4 is 5.97 Å². The number of hydroxylamine groups is 1. The fourth-order valence-electron chi connectivity index (χ4n) is 3.12. The molecule has 0 aromatic heterocycles. The highest BCUT2D eigenvalue weighted by molar-refractivity contribution is 5.80. The lowest BCUT2D eigenvalue weighted by atomic mass is 9.76. The molecule has 0 aliphatic heterocycles. The first kappa shape index (κ1) is 19.4. The SMILES string of the molecule is C=CC(=O)ONCCCC1([N+](C)(C)C)CCCCC1.[Cl-]. The van der Waals surface area contributed by atoms with Gasteiger partial charge < -0.3 is 21.7 Å². The van der Waals surface area contributed by atoms with Crippen LogP contribution in [0.3, 0.4) is 0 Å². The Bertz CT molecular complexity index is 307.